The van der Waals surface area contributed by atoms with Crippen molar-refractivity contribution in [3.8, 4) is 5.69 Å². The van der Waals surface area contributed by atoms with Gasteiger partial charge in [-0.3, -0.25) is 14.3 Å². The summed E-state index contributed by atoms with van der Waals surface area (Å²) in [6.45, 7) is 1.79. The molecule has 0 aliphatic heterocycles. The normalized spacial score (nSPS) is 12.3. The molecule has 0 bridgehead atoms. The SMILES string of the molecule is CC=Cc1nsc2ccc(-n3c(C(F)(F)F)cc(=O)[nH]c3=O)cc12. The standard InChI is InChI=1S/C15H10F3N3O2S/c1-2-3-10-9-6-8(4-5-11(9)24-20-10)21-12(15(16,17)18)7-13(22)19-14(21)23/h2-7H,1H3,(H,19,22,23). The van der Waals surface area contributed by atoms with E-state index in [1.807, 2.05) is 4.98 Å². The molecule has 0 radical (unpaired) electrons. The van der Waals surface area contributed by atoms with Gasteiger partial charge >= 0.3 is 11.9 Å². The minimum atomic E-state index is -4.85. The number of H-pyrrole nitrogens is 1. The van der Waals surface area contributed by atoms with E-state index in [1.165, 1.54) is 23.7 Å². The van der Waals surface area contributed by atoms with Crippen molar-refractivity contribution >= 4 is 27.7 Å². The van der Waals surface area contributed by atoms with Crippen LogP contribution in [0.1, 0.15) is 18.3 Å². The van der Waals surface area contributed by atoms with Crippen molar-refractivity contribution in [2.45, 2.75) is 13.1 Å². The lowest BCUT2D eigenvalue weighted by atomic mass is 10.2. The third-order valence-electron chi connectivity index (χ3n) is 3.30. The molecule has 0 aliphatic carbocycles. The Labute approximate surface area is 136 Å². The Balaban J connectivity index is 2.34. The second-order valence-corrected chi connectivity index (χ2v) is 5.71. The molecule has 24 heavy (non-hydrogen) atoms. The molecule has 0 spiro atoms. The molecular weight excluding hydrogens is 343 g/mol. The average Bonchev–Trinajstić information content (AvgIpc) is 2.88. The van der Waals surface area contributed by atoms with E-state index < -0.39 is 23.1 Å². The minimum absolute atomic E-state index is 0.00188. The van der Waals surface area contributed by atoms with Gasteiger partial charge in [0.2, 0.25) is 0 Å². The molecule has 3 aromatic rings. The molecule has 0 fully saturated rings. The van der Waals surface area contributed by atoms with E-state index >= 15 is 0 Å². The van der Waals surface area contributed by atoms with E-state index in [2.05, 4.69) is 4.37 Å². The minimum Gasteiger partial charge on any atom is -0.274 e. The van der Waals surface area contributed by atoms with Gasteiger partial charge in [-0.25, -0.2) is 4.79 Å². The van der Waals surface area contributed by atoms with Crippen LogP contribution in [-0.2, 0) is 6.18 Å². The number of halogens is 3. The Morgan fingerprint density at radius 2 is 2.00 bits per heavy atom. The monoisotopic (exact) mass is 353 g/mol. The molecule has 1 aromatic carbocycles. The molecule has 124 valence electrons. The van der Waals surface area contributed by atoms with Gasteiger partial charge in [0.05, 0.1) is 16.1 Å². The number of nitrogens with one attached hydrogen (secondary N) is 1. The van der Waals surface area contributed by atoms with Gasteiger partial charge in [0.1, 0.15) is 5.69 Å². The molecule has 0 saturated carbocycles. The van der Waals surface area contributed by atoms with Gasteiger partial charge in [-0.05, 0) is 42.7 Å². The van der Waals surface area contributed by atoms with Crippen LogP contribution in [-0.4, -0.2) is 13.9 Å². The molecule has 3 rings (SSSR count). The maximum atomic E-state index is 13.2. The maximum absolute atomic E-state index is 13.2. The van der Waals surface area contributed by atoms with E-state index in [0.717, 1.165) is 4.70 Å². The fraction of sp³-hybridized carbons (Fsp3) is 0.133. The fourth-order valence-electron chi connectivity index (χ4n) is 2.32. The molecule has 0 unspecified atom stereocenters. The second-order valence-electron chi connectivity index (χ2n) is 4.91. The van der Waals surface area contributed by atoms with Crippen LogP contribution < -0.4 is 11.2 Å². The van der Waals surface area contributed by atoms with Crippen molar-refractivity contribution < 1.29 is 13.2 Å². The molecule has 9 heteroatoms. The summed E-state index contributed by atoms with van der Waals surface area (Å²) < 4.78 is 45.1. The van der Waals surface area contributed by atoms with Crippen LogP contribution in [0.15, 0.2) is 39.9 Å². The molecule has 2 aromatic heterocycles. The van der Waals surface area contributed by atoms with E-state index in [4.69, 9.17) is 0 Å². The highest BCUT2D eigenvalue weighted by Gasteiger charge is 2.35. The number of hydrogen-bond acceptors (Lipinski definition) is 4. The molecule has 5 nitrogen and oxygen atoms in total. The molecule has 1 N–H and O–H groups in total. The van der Waals surface area contributed by atoms with Crippen LogP contribution in [0.3, 0.4) is 0 Å². The van der Waals surface area contributed by atoms with Gasteiger partial charge in [0, 0.05) is 11.5 Å². The van der Waals surface area contributed by atoms with Crippen molar-refractivity contribution in [3.05, 3.63) is 62.6 Å². The van der Waals surface area contributed by atoms with Crippen LogP contribution in [0.25, 0.3) is 21.8 Å². The zero-order valence-electron chi connectivity index (χ0n) is 12.2. The highest BCUT2D eigenvalue weighted by atomic mass is 32.1. The lowest BCUT2D eigenvalue weighted by Gasteiger charge is -2.14. The summed E-state index contributed by atoms with van der Waals surface area (Å²) in [6, 6.07) is 4.79. The Morgan fingerprint density at radius 3 is 2.67 bits per heavy atom. The number of benzene rings is 1. The summed E-state index contributed by atoms with van der Waals surface area (Å²) in [5.74, 6) is 0. The van der Waals surface area contributed by atoms with Gasteiger partial charge in [-0.1, -0.05) is 6.08 Å². The number of aromatic amines is 1. The van der Waals surface area contributed by atoms with Gasteiger partial charge in [0.15, 0.2) is 0 Å². The molecule has 0 atom stereocenters. The summed E-state index contributed by atoms with van der Waals surface area (Å²) in [5, 5.41) is 0.627. The first-order valence-corrected chi connectivity index (χ1v) is 7.54. The summed E-state index contributed by atoms with van der Waals surface area (Å²) in [4.78, 5) is 25.1. The number of alkyl halides is 3. The average molecular weight is 353 g/mol. The van der Waals surface area contributed by atoms with E-state index in [-0.39, 0.29) is 5.69 Å². The lowest BCUT2D eigenvalue weighted by Crippen LogP contribution is -2.34. The molecule has 0 amide bonds. The van der Waals surface area contributed by atoms with Crippen LogP contribution in [0, 0.1) is 0 Å². The molecule has 2 heterocycles. The first kappa shape index (κ1) is 16.2. The zero-order chi connectivity index (χ0) is 17.5. The first-order valence-electron chi connectivity index (χ1n) is 6.77. The van der Waals surface area contributed by atoms with Crippen molar-refractivity contribution in [2.75, 3.05) is 0 Å². The van der Waals surface area contributed by atoms with E-state index in [1.54, 1.807) is 25.1 Å². The third kappa shape index (κ3) is 2.78. The van der Waals surface area contributed by atoms with Crippen LogP contribution >= 0.6 is 11.5 Å². The summed E-state index contributed by atoms with van der Waals surface area (Å²) in [7, 11) is 0. The number of allylic oxidation sites excluding steroid dienone is 1. The van der Waals surface area contributed by atoms with Gasteiger partial charge in [0.25, 0.3) is 5.56 Å². The highest BCUT2D eigenvalue weighted by molar-refractivity contribution is 7.13. The maximum Gasteiger partial charge on any atom is 0.432 e. The highest BCUT2D eigenvalue weighted by Crippen LogP contribution is 2.31. The van der Waals surface area contributed by atoms with Crippen molar-refractivity contribution in [1.82, 2.24) is 13.9 Å². The lowest BCUT2D eigenvalue weighted by molar-refractivity contribution is -0.143. The predicted molar refractivity (Wildman–Crippen MR) is 85.5 cm³/mol. The topological polar surface area (TPSA) is 67.8 Å². The van der Waals surface area contributed by atoms with Gasteiger partial charge in [-0.2, -0.15) is 17.5 Å². The largest absolute Gasteiger partial charge is 0.432 e. The Hall–Kier alpha value is -2.68. The Morgan fingerprint density at radius 1 is 1.25 bits per heavy atom. The van der Waals surface area contributed by atoms with Gasteiger partial charge in [-0.15, -0.1) is 0 Å². The molecular formula is C15H10F3N3O2S. The quantitative estimate of drug-likeness (QED) is 0.769. The van der Waals surface area contributed by atoms with Crippen molar-refractivity contribution in [1.29, 1.82) is 0 Å². The zero-order valence-corrected chi connectivity index (χ0v) is 13.0. The smallest absolute Gasteiger partial charge is 0.274 e. The number of fused-ring (bicyclic) bond motifs is 1. The fourth-order valence-corrected chi connectivity index (χ4v) is 3.07. The summed E-state index contributed by atoms with van der Waals surface area (Å²) >= 11 is 1.21. The van der Waals surface area contributed by atoms with Gasteiger partial charge < -0.3 is 0 Å². The van der Waals surface area contributed by atoms with Crippen LogP contribution in [0.4, 0.5) is 13.2 Å². The van der Waals surface area contributed by atoms with Crippen LogP contribution in [0.2, 0.25) is 0 Å². The molecule has 0 aliphatic rings. The summed E-state index contributed by atoms with van der Waals surface area (Å²) in [6.07, 6.45) is -1.36. The number of nitrogens with zero attached hydrogens (tertiary/aromatic N) is 2. The molecule has 0 saturated heterocycles. The first-order chi connectivity index (χ1) is 11.3. The summed E-state index contributed by atoms with van der Waals surface area (Å²) in [5.41, 5.74) is -2.97. The van der Waals surface area contributed by atoms with Crippen molar-refractivity contribution in [2.24, 2.45) is 0 Å². The second kappa shape index (κ2) is 5.75. The predicted octanol–water partition coefficient (Wildman–Crippen LogP) is 3.19. The van der Waals surface area contributed by atoms with E-state index in [0.29, 0.717) is 21.7 Å². The van der Waals surface area contributed by atoms with E-state index in [9.17, 15) is 22.8 Å². The Kier molecular flexibility index (Phi) is 3.88. The van der Waals surface area contributed by atoms with Crippen LogP contribution in [0.5, 0.6) is 0 Å². The number of aromatic nitrogens is 3. The van der Waals surface area contributed by atoms with Crippen molar-refractivity contribution in [3.63, 3.8) is 0 Å². The number of hydrogen-bond donors (Lipinski definition) is 1. The third-order valence-corrected chi connectivity index (χ3v) is 4.14. The Bertz CT molecular complexity index is 1060. The number of rotatable bonds is 2.